The number of aromatic nitrogens is 1. The van der Waals surface area contributed by atoms with E-state index in [-0.39, 0.29) is 16.9 Å². The second-order valence-corrected chi connectivity index (χ2v) is 5.26. The van der Waals surface area contributed by atoms with Crippen LogP contribution in [0.2, 0.25) is 0 Å². The van der Waals surface area contributed by atoms with Crippen LogP contribution in [0.1, 0.15) is 42.1 Å². The van der Waals surface area contributed by atoms with E-state index in [1.54, 1.807) is 13.1 Å². The minimum Gasteiger partial charge on any atom is -0.366 e. The molecule has 1 aromatic heterocycles. The molecule has 1 aliphatic rings. The number of hydrogen-bond donors (Lipinski definition) is 2. The highest BCUT2D eigenvalue weighted by molar-refractivity contribution is 5.93. The SMILES string of the molecule is Cc1c[nH]cc(C(=O)NCC2CCCC2C)c1=O. The Morgan fingerprint density at radius 3 is 2.89 bits per heavy atom. The second-order valence-electron chi connectivity index (χ2n) is 5.26. The van der Waals surface area contributed by atoms with Crippen LogP contribution in [0.5, 0.6) is 0 Å². The lowest BCUT2D eigenvalue weighted by Crippen LogP contribution is -2.33. The smallest absolute Gasteiger partial charge is 0.256 e. The van der Waals surface area contributed by atoms with Crippen molar-refractivity contribution < 1.29 is 4.79 Å². The van der Waals surface area contributed by atoms with Crippen LogP contribution < -0.4 is 10.7 Å². The van der Waals surface area contributed by atoms with E-state index in [9.17, 15) is 9.59 Å². The van der Waals surface area contributed by atoms with Gasteiger partial charge in [0.05, 0.1) is 0 Å². The summed E-state index contributed by atoms with van der Waals surface area (Å²) in [6, 6.07) is 0. The molecule has 1 saturated carbocycles. The van der Waals surface area contributed by atoms with Crippen molar-refractivity contribution in [2.75, 3.05) is 6.54 Å². The van der Waals surface area contributed by atoms with Crippen molar-refractivity contribution in [3.05, 3.63) is 33.7 Å². The van der Waals surface area contributed by atoms with E-state index in [2.05, 4.69) is 17.2 Å². The van der Waals surface area contributed by atoms with Crippen LogP contribution in [-0.2, 0) is 0 Å². The zero-order valence-corrected chi connectivity index (χ0v) is 11.0. The van der Waals surface area contributed by atoms with Crippen molar-refractivity contribution in [2.24, 2.45) is 11.8 Å². The Morgan fingerprint density at radius 2 is 2.22 bits per heavy atom. The van der Waals surface area contributed by atoms with Crippen LogP contribution in [0.25, 0.3) is 0 Å². The molecule has 1 aliphatic carbocycles. The predicted octanol–water partition coefficient (Wildman–Crippen LogP) is 1.85. The third-order valence-corrected chi connectivity index (χ3v) is 3.94. The van der Waals surface area contributed by atoms with Crippen LogP contribution in [0.15, 0.2) is 17.2 Å². The van der Waals surface area contributed by atoms with Crippen LogP contribution in [0.3, 0.4) is 0 Å². The minimum absolute atomic E-state index is 0.189. The number of aromatic amines is 1. The molecule has 18 heavy (non-hydrogen) atoms. The Hall–Kier alpha value is -1.58. The molecule has 1 fully saturated rings. The van der Waals surface area contributed by atoms with Crippen molar-refractivity contribution >= 4 is 5.91 Å². The monoisotopic (exact) mass is 248 g/mol. The second kappa shape index (κ2) is 5.38. The van der Waals surface area contributed by atoms with Gasteiger partial charge < -0.3 is 10.3 Å². The lowest BCUT2D eigenvalue weighted by atomic mass is 9.98. The zero-order chi connectivity index (χ0) is 13.1. The molecular formula is C14H20N2O2. The van der Waals surface area contributed by atoms with E-state index < -0.39 is 0 Å². The Balaban J connectivity index is 2.00. The minimum atomic E-state index is -0.265. The third kappa shape index (κ3) is 2.63. The van der Waals surface area contributed by atoms with E-state index in [0.29, 0.717) is 23.9 Å². The number of amides is 1. The van der Waals surface area contributed by atoms with Gasteiger partial charge in [0.15, 0.2) is 5.43 Å². The largest absolute Gasteiger partial charge is 0.366 e. The molecule has 0 bridgehead atoms. The van der Waals surface area contributed by atoms with Crippen LogP contribution in [-0.4, -0.2) is 17.4 Å². The molecule has 2 N–H and O–H groups in total. The quantitative estimate of drug-likeness (QED) is 0.857. The molecule has 0 radical (unpaired) electrons. The zero-order valence-electron chi connectivity index (χ0n) is 11.0. The van der Waals surface area contributed by atoms with Crippen molar-refractivity contribution in [3.63, 3.8) is 0 Å². The lowest BCUT2D eigenvalue weighted by Gasteiger charge is -2.15. The highest BCUT2D eigenvalue weighted by Gasteiger charge is 2.24. The first-order chi connectivity index (χ1) is 8.59. The molecule has 0 saturated heterocycles. The van der Waals surface area contributed by atoms with Crippen molar-refractivity contribution in [1.29, 1.82) is 0 Å². The molecule has 1 aromatic rings. The maximum absolute atomic E-state index is 12.0. The molecule has 2 atom stereocenters. The number of hydrogen-bond acceptors (Lipinski definition) is 2. The van der Waals surface area contributed by atoms with E-state index in [1.165, 1.54) is 25.5 Å². The number of nitrogens with one attached hydrogen (secondary N) is 2. The van der Waals surface area contributed by atoms with Gasteiger partial charge in [-0.3, -0.25) is 9.59 Å². The Labute approximate surface area is 107 Å². The van der Waals surface area contributed by atoms with Gasteiger partial charge in [-0.2, -0.15) is 0 Å². The van der Waals surface area contributed by atoms with Crippen molar-refractivity contribution in [2.45, 2.75) is 33.1 Å². The molecule has 0 aromatic carbocycles. The fourth-order valence-corrected chi connectivity index (χ4v) is 2.61. The number of carbonyl (C=O) groups excluding carboxylic acids is 1. The summed E-state index contributed by atoms with van der Waals surface area (Å²) in [7, 11) is 0. The fraction of sp³-hybridized carbons (Fsp3) is 0.571. The molecular weight excluding hydrogens is 228 g/mol. The average Bonchev–Trinajstić information content (AvgIpc) is 2.75. The van der Waals surface area contributed by atoms with Crippen molar-refractivity contribution in [3.8, 4) is 0 Å². The summed E-state index contributed by atoms with van der Waals surface area (Å²) in [5, 5.41) is 2.88. The number of carbonyl (C=O) groups is 1. The topological polar surface area (TPSA) is 62.0 Å². The van der Waals surface area contributed by atoms with E-state index in [0.717, 1.165) is 0 Å². The van der Waals surface area contributed by atoms with Gasteiger partial charge >= 0.3 is 0 Å². The first-order valence-electron chi connectivity index (χ1n) is 6.55. The lowest BCUT2D eigenvalue weighted by molar-refractivity contribution is 0.0943. The van der Waals surface area contributed by atoms with Gasteiger partial charge in [0.1, 0.15) is 5.56 Å². The first kappa shape index (κ1) is 12.9. The van der Waals surface area contributed by atoms with E-state index in [1.807, 2.05) is 0 Å². The molecule has 2 unspecified atom stereocenters. The van der Waals surface area contributed by atoms with Gasteiger partial charge in [-0.25, -0.2) is 0 Å². The van der Waals surface area contributed by atoms with Gasteiger partial charge in [-0.15, -0.1) is 0 Å². The Bertz CT molecular complexity index is 493. The summed E-state index contributed by atoms with van der Waals surface area (Å²) in [4.78, 5) is 26.6. The number of rotatable bonds is 3. The highest BCUT2D eigenvalue weighted by Crippen LogP contribution is 2.30. The van der Waals surface area contributed by atoms with Crippen LogP contribution >= 0.6 is 0 Å². The summed E-state index contributed by atoms with van der Waals surface area (Å²) in [5.41, 5.74) is 0.586. The molecule has 1 amide bonds. The molecule has 1 heterocycles. The maximum atomic E-state index is 12.0. The van der Waals surface area contributed by atoms with Gasteiger partial charge in [-0.1, -0.05) is 19.8 Å². The summed E-state index contributed by atoms with van der Waals surface area (Å²) in [5.74, 6) is 0.956. The normalized spacial score (nSPS) is 23.0. The summed E-state index contributed by atoms with van der Waals surface area (Å²) >= 11 is 0. The fourth-order valence-electron chi connectivity index (χ4n) is 2.61. The predicted molar refractivity (Wildman–Crippen MR) is 70.6 cm³/mol. The van der Waals surface area contributed by atoms with Crippen LogP contribution in [0.4, 0.5) is 0 Å². The number of aryl methyl sites for hydroxylation is 1. The number of pyridine rings is 1. The first-order valence-corrected chi connectivity index (χ1v) is 6.55. The highest BCUT2D eigenvalue weighted by atomic mass is 16.2. The van der Waals surface area contributed by atoms with Gasteiger partial charge in [0, 0.05) is 24.5 Å². The van der Waals surface area contributed by atoms with E-state index in [4.69, 9.17) is 0 Å². The number of H-pyrrole nitrogens is 1. The van der Waals surface area contributed by atoms with Gasteiger partial charge in [0.25, 0.3) is 5.91 Å². The summed E-state index contributed by atoms with van der Waals surface area (Å²) in [6.45, 7) is 4.60. The molecule has 2 rings (SSSR count). The van der Waals surface area contributed by atoms with E-state index >= 15 is 0 Å². The van der Waals surface area contributed by atoms with Gasteiger partial charge in [-0.05, 0) is 25.2 Å². The third-order valence-electron chi connectivity index (χ3n) is 3.94. The molecule has 4 nitrogen and oxygen atoms in total. The Morgan fingerprint density at radius 1 is 1.44 bits per heavy atom. The standard InChI is InChI=1S/C14H20N2O2/c1-9-4-3-5-11(9)7-16-14(18)12-8-15-6-10(2)13(12)17/h6,8-9,11H,3-5,7H2,1-2H3,(H,15,17)(H,16,18). The van der Waals surface area contributed by atoms with Crippen LogP contribution in [0, 0.1) is 18.8 Å². The summed E-state index contributed by atoms with van der Waals surface area (Å²) < 4.78 is 0. The maximum Gasteiger partial charge on any atom is 0.256 e. The molecule has 0 spiro atoms. The molecule has 0 aliphatic heterocycles. The van der Waals surface area contributed by atoms with Crippen molar-refractivity contribution in [1.82, 2.24) is 10.3 Å². The average molecular weight is 248 g/mol. The summed E-state index contributed by atoms with van der Waals surface area (Å²) in [6.07, 6.45) is 6.74. The molecule has 98 valence electrons. The Kier molecular flexibility index (Phi) is 3.84. The molecule has 4 heteroatoms. The van der Waals surface area contributed by atoms with Gasteiger partial charge in [0.2, 0.25) is 0 Å².